The monoisotopic (exact) mass is 255 g/mol. The topological polar surface area (TPSA) is 30.7 Å². The second kappa shape index (κ2) is 5.06. The summed E-state index contributed by atoms with van der Waals surface area (Å²) in [5.41, 5.74) is 2.10. The first kappa shape index (κ1) is 11.7. The maximum absolute atomic E-state index is 5.79. The van der Waals surface area contributed by atoms with Crippen LogP contribution in [0, 0.1) is 5.92 Å². The van der Waals surface area contributed by atoms with Gasteiger partial charge in [-0.25, -0.2) is 9.97 Å². The van der Waals surface area contributed by atoms with Crippen LogP contribution in [0.5, 0.6) is 0 Å². The predicted octanol–water partition coefficient (Wildman–Crippen LogP) is 2.94. The lowest BCUT2D eigenvalue weighted by atomic mass is 10.3. The Hall–Kier alpha value is -0.740. The summed E-state index contributed by atoms with van der Waals surface area (Å²) < 4.78 is 2.01. The van der Waals surface area contributed by atoms with Gasteiger partial charge in [-0.15, -0.1) is 23.4 Å². The number of hydrogen-bond donors (Lipinski definition) is 0. The molecule has 0 spiro atoms. The van der Waals surface area contributed by atoms with E-state index in [0.29, 0.717) is 11.8 Å². The van der Waals surface area contributed by atoms with Gasteiger partial charge < -0.3 is 4.57 Å². The molecule has 2 aromatic heterocycles. The minimum atomic E-state index is 0.493. The molecule has 0 N–H and O–H groups in total. The number of hydrogen-bond acceptors (Lipinski definition) is 3. The van der Waals surface area contributed by atoms with Crippen LogP contribution in [0.3, 0.4) is 0 Å². The smallest absolute Gasteiger partial charge is 0.124 e. The highest BCUT2D eigenvalue weighted by Gasteiger charge is 2.09. The van der Waals surface area contributed by atoms with Gasteiger partial charge in [0.15, 0.2) is 0 Å². The van der Waals surface area contributed by atoms with Crippen LogP contribution < -0.4 is 0 Å². The molecule has 16 heavy (non-hydrogen) atoms. The number of rotatable bonds is 4. The molecule has 0 radical (unpaired) electrons. The minimum Gasteiger partial charge on any atom is -0.334 e. The van der Waals surface area contributed by atoms with Crippen molar-refractivity contribution < 1.29 is 0 Å². The van der Waals surface area contributed by atoms with Crippen LogP contribution in [0.25, 0.3) is 11.0 Å². The predicted molar refractivity (Wildman–Crippen MR) is 69.1 cm³/mol. The summed E-state index contributed by atoms with van der Waals surface area (Å²) in [6, 6.07) is 1.98. The molecule has 0 saturated carbocycles. The maximum atomic E-state index is 5.79. The first-order valence-electron chi connectivity index (χ1n) is 5.17. The Balaban J connectivity index is 2.24. The zero-order valence-corrected chi connectivity index (χ0v) is 10.9. The molecule has 2 rings (SSSR count). The van der Waals surface area contributed by atoms with E-state index in [0.717, 1.165) is 21.8 Å². The minimum absolute atomic E-state index is 0.493. The molecule has 86 valence electrons. The van der Waals surface area contributed by atoms with Crippen molar-refractivity contribution in [1.82, 2.24) is 14.5 Å². The molecule has 2 heterocycles. The normalized spacial score (nSPS) is 13.2. The van der Waals surface area contributed by atoms with E-state index in [1.807, 2.05) is 30.2 Å². The largest absolute Gasteiger partial charge is 0.334 e. The van der Waals surface area contributed by atoms with Gasteiger partial charge in [0.05, 0.1) is 11.8 Å². The molecule has 0 amide bonds. The molecule has 0 aliphatic rings. The first-order valence-corrected chi connectivity index (χ1v) is 6.69. The van der Waals surface area contributed by atoms with Gasteiger partial charge in [0, 0.05) is 24.9 Å². The van der Waals surface area contributed by atoms with Crippen molar-refractivity contribution in [2.75, 3.05) is 11.6 Å². The molecule has 5 heteroatoms. The van der Waals surface area contributed by atoms with Gasteiger partial charge in [0.1, 0.15) is 10.5 Å². The van der Waals surface area contributed by atoms with Gasteiger partial charge in [0.25, 0.3) is 0 Å². The molecular weight excluding hydrogens is 242 g/mol. The highest BCUT2D eigenvalue weighted by Crippen LogP contribution is 2.25. The second-order valence-corrected chi connectivity index (χ2v) is 5.23. The molecule has 0 saturated heterocycles. The number of aryl methyl sites for hydroxylation is 1. The summed E-state index contributed by atoms with van der Waals surface area (Å²) in [6.07, 6.45) is 3.65. The fraction of sp³-hybridized carbons (Fsp3) is 0.455. The van der Waals surface area contributed by atoms with E-state index in [1.54, 1.807) is 11.8 Å². The Kier molecular flexibility index (Phi) is 3.71. The summed E-state index contributed by atoms with van der Waals surface area (Å²) in [5.74, 6) is 2.16. The van der Waals surface area contributed by atoms with Crippen molar-refractivity contribution in [3.63, 3.8) is 0 Å². The number of thioether (sulfide) groups is 1. The fourth-order valence-electron chi connectivity index (χ4n) is 1.41. The molecule has 0 aromatic carbocycles. The Bertz CT molecular complexity index is 483. The van der Waals surface area contributed by atoms with Gasteiger partial charge in [0.2, 0.25) is 0 Å². The van der Waals surface area contributed by atoms with Gasteiger partial charge in [-0.05, 0) is 12.0 Å². The van der Waals surface area contributed by atoms with Gasteiger partial charge in [-0.2, -0.15) is 0 Å². The molecule has 1 unspecified atom stereocenters. The number of nitrogens with zero attached hydrogens (tertiary/aromatic N) is 3. The van der Waals surface area contributed by atoms with Crippen LogP contribution in [0.4, 0.5) is 0 Å². The molecule has 2 aromatic rings. The summed E-state index contributed by atoms with van der Waals surface area (Å²) in [7, 11) is 1.99. The summed E-state index contributed by atoms with van der Waals surface area (Å²) in [4.78, 5) is 8.74. The summed E-state index contributed by atoms with van der Waals surface area (Å²) in [5, 5.41) is 0.995. The number of imidazole rings is 1. The maximum Gasteiger partial charge on any atom is 0.124 e. The van der Waals surface area contributed by atoms with E-state index in [2.05, 4.69) is 16.9 Å². The van der Waals surface area contributed by atoms with E-state index in [9.17, 15) is 0 Å². The van der Waals surface area contributed by atoms with Crippen LogP contribution in [-0.2, 0) is 7.05 Å². The summed E-state index contributed by atoms with van der Waals surface area (Å²) in [6.45, 7) is 2.14. The summed E-state index contributed by atoms with van der Waals surface area (Å²) >= 11 is 7.51. The van der Waals surface area contributed by atoms with E-state index >= 15 is 0 Å². The van der Waals surface area contributed by atoms with Crippen LogP contribution in [0.15, 0.2) is 23.6 Å². The SMILES string of the molecule is CC(CCl)CSc1nccc2c1ncn2C. The Morgan fingerprint density at radius 3 is 3.06 bits per heavy atom. The number of alkyl halides is 1. The lowest BCUT2D eigenvalue weighted by molar-refractivity contribution is 0.758. The molecule has 0 fully saturated rings. The van der Waals surface area contributed by atoms with Crippen molar-refractivity contribution in [3.8, 4) is 0 Å². The third-order valence-electron chi connectivity index (χ3n) is 2.38. The van der Waals surface area contributed by atoms with Gasteiger partial charge >= 0.3 is 0 Å². The number of pyridine rings is 1. The number of aromatic nitrogens is 3. The Morgan fingerprint density at radius 2 is 2.31 bits per heavy atom. The molecule has 1 atom stereocenters. The van der Waals surface area contributed by atoms with Crippen LogP contribution in [0.2, 0.25) is 0 Å². The second-order valence-electron chi connectivity index (χ2n) is 3.91. The van der Waals surface area contributed by atoms with Crippen molar-refractivity contribution in [1.29, 1.82) is 0 Å². The lowest BCUT2D eigenvalue weighted by Crippen LogP contribution is -1.99. The zero-order valence-electron chi connectivity index (χ0n) is 9.35. The van der Waals surface area contributed by atoms with E-state index < -0.39 is 0 Å². The highest BCUT2D eigenvalue weighted by atomic mass is 35.5. The van der Waals surface area contributed by atoms with Crippen molar-refractivity contribution in [2.24, 2.45) is 13.0 Å². The highest BCUT2D eigenvalue weighted by molar-refractivity contribution is 7.99. The number of fused-ring (bicyclic) bond motifs is 1. The van der Waals surface area contributed by atoms with Crippen molar-refractivity contribution in [3.05, 3.63) is 18.6 Å². The van der Waals surface area contributed by atoms with Crippen LogP contribution in [0.1, 0.15) is 6.92 Å². The van der Waals surface area contributed by atoms with E-state index in [4.69, 9.17) is 11.6 Å². The standard InChI is InChI=1S/C11H14ClN3S/c1-8(5-12)6-16-11-10-9(3-4-13-11)15(2)7-14-10/h3-4,7-8H,5-6H2,1-2H3. The van der Waals surface area contributed by atoms with Crippen LogP contribution >= 0.6 is 23.4 Å². The quantitative estimate of drug-likeness (QED) is 0.622. The average molecular weight is 256 g/mol. The lowest BCUT2D eigenvalue weighted by Gasteiger charge is -2.06. The van der Waals surface area contributed by atoms with Gasteiger partial charge in [-0.1, -0.05) is 6.92 Å². The zero-order chi connectivity index (χ0) is 11.5. The Labute approximate surface area is 104 Å². The van der Waals surface area contributed by atoms with Crippen LogP contribution in [-0.4, -0.2) is 26.2 Å². The van der Waals surface area contributed by atoms with E-state index in [-0.39, 0.29) is 0 Å². The fourth-order valence-corrected chi connectivity index (χ4v) is 2.64. The van der Waals surface area contributed by atoms with E-state index in [1.165, 1.54) is 0 Å². The number of halogens is 1. The Morgan fingerprint density at radius 1 is 1.50 bits per heavy atom. The molecule has 0 aliphatic carbocycles. The first-order chi connectivity index (χ1) is 7.72. The third kappa shape index (κ3) is 2.33. The average Bonchev–Trinajstić information content (AvgIpc) is 2.69. The third-order valence-corrected chi connectivity index (χ3v) is 4.21. The molecule has 0 bridgehead atoms. The molecule has 3 nitrogen and oxygen atoms in total. The molecule has 0 aliphatic heterocycles. The van der Waals surface area contributed by atoms with Crippen molar-refractivity contribution >= 4 is 34.4 Å². The van der Waals surface area contributed by atoms with Crippen molar-refractivity contribution in [2.45, 2.75) is 11.9 Å². The molecular formula is C11H14ClN3S. The van der Waals surface area contributed by atoms with Gasteiger partial charge in [-0.3, -0.25) is 0 Å².